The van der Waals surface area contributed by atoms with Gasteiger partial charge < -0.3 is 25.5 Å². The van der Waals surface area contributed by atoms with Crippen molar-refractivity contribution in [3.63, 3.8) is 0 Å². The first kappa shape index (κ1) is 27.6. The fourth-order valence-electron chi connectivity index (χ4n) is 5.47. The number of hydrogen-bond acceptors (Lipinski definition) is 10. The summed E-state index contributed by atoms with van der Waals surface area (Å²) in [6.07, 6.45) is 0.716. The van der Waals surface area contributed by atoms with E-state index in [0.717, 1.165) is 50.6 Å². The van der Waals surface area contributed by atoms with E-state index in [2.05, 4.69) is 40.3 Å². The van der Waals surface area contributed by atoms with Crippen molar-refractivity contribution in [1.82, 2.24) is 29.7 Å². The number of thiazole rings is 1. The normalized spacial score (nSPS) is 18.6. The smallest absolute Gasteiger partial charge is 0.407 e. The van der Waals surface area contributed by atoms with Gasteiger partial charge in [0.15, 0.2) is 5.13 Å². The second-order valence-electron chi connectivity index (χ2n) is 10.7. The quantitative estimate of drug-likeness (QED) is 0.373. The number of likely N-dealkylation sites (tertiary alicyclic amines) is 2. The van der Waals surface area contributed by atoms with E-state index in [1.807, 2.05) is 32.0 Å². The molecule has 3 fully saturated rings. The summed E-state index contributed by atoms with van der Waals surface area (Å²) in [7, 11) is 0. The number of benzene rings is 1. The molecule has 0 saturated carbocycles. The molecule has 2 amide bonds. The molecule has 41 heavy (non-hydrogen) atoms. The van der Waals surface area contributed by atoms with E-state index in [-0.39, 0.29) is 5.91 Å². The van der Waals surface area contributed by atoms with Crippen molar-refractivity contribution < 1.29 is 14.7 Å². The standard InChI is InChI=1S/C27H32ClN9O3S/c1-16-4-3-5-20(28)24(16)33-25(38)21-11-29-26(41-21)32-22-10-23(31-17(2)30-22)35-8-6-34(7-9-35)18-12-36(13-18)19-14-37(15-19)27(39)40/h3-5,10-11,18-19H,6-9,12-15H2,1-2H3,(H,33,38)(H,39,40)(H,29,30,31,32). The number of carbonyl (C=O) groups is 2. The molecule has 3 aliphatic heterocycles. The van der Waals surface area contributed by atoms with E-state index in [1.165, 1.54) is 22.4 Å². The van der Waals surface area contributed by atoms with Crippen molar-refractivity contribution in [2.45, 2.75) is 25.9 Å². The van der Waals surface area contributed by atoms with Gasteiger partial charge in [0.2, 0.25) is 0 Å². The first-order chi connectivity index (χ1) is 19.7. The average molecular weight is 598 g/mol. The van der Waals surface area contributed by atoms with Crippen molar-refractivity contribution in [2.24, 2.45) is 0 Å². The minimum atomic E-state index is -0.823. The van der Waals surface area contributed by atoms with Gasteiger partial charge in [-0.3, -0.25) is 14.6 Å². The third kappa shape index (κ3) is 5.94. The molecule has 0 spiro atoms. The second-order valence-corrected chi connectivity index (χ2v) is 12.1. The predicted octanol–water partition coefficient (Wildman–Crippen LogP) is 3.37. The monoisotopic (exact) mass is 597 g/mol. The van der Waals surface area contributed by atoms with Crippen LogP contribution in [0, 0.1) is 13.8 Å². The predicted molar refractivity (Wildman–Crippen MR) is 159 cm³/mol. The number of aromatic nitrogens is 3. The van der Waals surface area contributed by atoms with Crippen molar-refractivity contribution in [3.8, 4) is 0 Å². The summed E-state index contributed by atoms with van der Waals surface area (Å²) >= 11 is 7.50. The molecule has 0 radical (unpaired) electrons. The van der Waals surface area contributed by atoms with Crippen LogP contribution in [0.15, 0.2) is 30.5 Å². The molecular formula is C27H32ClN9O3S. The highest BCUT2D eigenvalue weighted by atomic mass is 35.5. The van der Waals surface area contributed by atoms with Gasteiger partial charge in [0.1, 0.15) is 22.3 Å². The second kappa shape index (κ2) is 11.4. The van der Waals surface area contributed by atoms with Crippen LogP contribution in [0.3, 0.4) is 0 Å². The Balaban J connectivity index is 1.02. The fraction of sp³-hybridized carbons (Fsp3) is 0.444. The van der Waals surface area contributed by atoms with Crippen LogP contribution in [0.4, 0.5) is 27.2 Å². The Kier molecular flexibility index (Phi) is 7.68. The number of nitrogens with one attached hydrogen (secondary N) is 2. The number of hydrogen-bond donors (Lipinski definition) is 3. The summed E-state index contributed by atoms with van der Waals surface area (Å²) < 4.78 is 0. The maximum absolute atomic E-state index is 12.8. The van der Waals surface area contributed by atoms with E-state index in [4.69, 9.17) is 16.7 Å². The molecule has 0 unspecified atom stereocenters. The van der Waals surface area contributed by atoms with Gasteiger partial charge in [-0.25, -0.2) is 19.7 Å². The molecule has 1 aromatic carbocycles. The summed E-state index contributed by atoms with van der Waals surface area (Å²) in [5.41, 5.74) is 1.48. The summed E-state index contributed by atoms with van der Waals surface area (Å²) in [4.78, 5) is 46.5. The summed E-state index contributed by atoms with van der Waals surface area (Å²) in [6.45, 7) is 10.6. The van der Waals surface area contributed by atoms with Crippen molar-refractivity contribution >= 4 is 57.4 Å². The number of rotatable bonds is 7. The zero-order chi connectivity index (χ0) is 28.7. The van der Waals surface area contributed by atoms with Crippen LogP contribution in [0.25, 0.3) is 0 Å². The first-order valence-corrected chi connectivity index (χ1v) is 14.8. The molecule has 3 aromatic rings. The number of piperazine rings is 1. The Hall–Kier alpha value is -3.52. The number of carbonyl (C=O) groups excluding carboxylic acids is 1. The Labute approximate surface area is 246 Å². The molecular weight excluding hydrogens is 566 g/mol. The summed E-state index contributed by atoms with van der Waals surface area (Å²) in [5.74, 6) is 1.88. The van der Waals surface area contributed by atoms with Crippen LogP contribution in [0.5, 0.6) is 0 Å². The first-order valence-electron chi connectivity index (χ1n) is 13.6. The number of para-hydroxylation sites is 1. The molecule has 0 atom stereocenters. The zero-order valence-electron chi connectivity index (χ0n) is 22.9. The highest BCUT2D eigenvalue weighted by Gasteiger charge is 2.42. The van der Waals surface area contributed by atoms with Gasteiger partial charge in [-0.15, -0.1) is 0 Å². The number of anilines is 4. The van der Waals surface area contributed by atoms with Crippen molar-refractivity contribution in [3.05, 3.63) is 51.7 Å². The number of amides is 2. The molecule has 3 N–H and O–H groups in total. The highest BCUT2D eigenvalue weighted by molar-refractivity contribution is 7.17. The lowest BCUT2D eigenvalue weighted by molar-refractivity contribution is -0.0450. The lowest BCUT2D eigenvalue weighted by Gasteiger charge is -2.54. The zero-order valence-corrected chi connectivity index (χ0v) is 24.5. The van der Waals surface area contributed by atoms with Crippen molar-refractivity contribution in [1.29, 1.82) is 0 Å². The van der Waals surface area contributed by atoms with Gasteiger partial charge in [0, 0.05) is 70.5 Å². The highest BCUT2D eigenvalue weighted by Crippen LogP contribution is 2.29. The number of halogens is 1. The summed E-state index contributed by atoms with van der Waals surface area (Å²) in [6, 6.07) is 8.30. The van der Waals surface area contributed by atoms with E-state index in [0.29, 0.717) is 57.5 Å². The van der Waals surface area contributed by atoms with Gasteiger partial charge in [-0.1, -0.05) is 35.1 Å². The van der Waals surface area contributed by atoms with Crippen LogP contribution in [0.1, 0.15) is 21.1 Å². The molecule has 2 aromatic heterocycles. The van der Waals surface area contributed by atoms with Crippen LogP contribution in [-0.4, -0.2) is 111 Å². The lowest BCUT2D eigenvalue weighted by atomic mass is 9.98. The molecule has 216 valence electrons. The Bertz CT molecular complexity index is 1430. The minimum Gasteiger partial charge on any atom is -0.465 e. The number of carboxylic acid groups (broad SMARTS) is 1. The third-order valence-corrected chi connectivity index (χ3v) is 9.17. The lowest BCUT2D eigenvalue weighted by Crippen LogP contribution is -2.71. The minimum absolute atomic E-state index is 0.270. The molecule has 14 heteroatoms. The van der Waals surface area contributed by atoms with Crippen LogP contribution < -0.4 is 15.5 Å². The van der Waals surface area contributed by atoms with Crippen molar-refractivity contribution in [2.75, 3.05) is 67.9 Å². The molecule has 12 nitrogen and oxygen atoms in total. The maximum atomic E-state index is 12.8. The van der Waals surface area contributed by atoms with E-state index < -0.39 is 6.09 Å². The molecule has 3 aliphatic rings. The van der Waals surface area contributed by atoms with Crippen LogP contribution >= 0.6 is 22.9 Å². The molecule has 0 aliphatic carbocycles. The topological polar surface area (TPSA) is 130 Å². The van der Waals surface area contributed by atoms with Gasteiger partial charge in [0.05, 0.1) is 16.9 Å². The molecule has 5 heterocycles. The van der Waals surface area contributed by atoms with Gasteiger partial charge >= 0.3 is 6.09 Å². The largest absolute Gasteiger partial charge is 0.465 e. The van der Waals surface area contributed by atoms with E-state index in [9.17, 15) is 9.59 Å². The number of aryl methyl sites for hydroxylation is 2. The summed E-state index contributed by atoms with van der Waals surface area (Å²) in [5, 5.41) is 16.2. The van der Waals surface area contributed by atoms with E-state index in [1.54, 1.807) is 6.07 Å². The van der Waals surface area contributed by atoms with Gasteiger partial charge in [0.25, 0.3) is 5.91 Å². The Morgan fingerprint density at radius 1 is 1.02 bits per heavy atom. The maximum Gasteiger partial charge on any atom is 0.407 e. The van der Waals surface area contributed by atoms with Crippen LogP contribution in [0.2, 0.25) is 5.02 Å². The Morgan fingerprint density at radius 3 is 2.46 bits per heavy atom. The molecule has 0 bridgehead atoms. The Morgan fingerprint density at radius 2 is 1.76 bits per heavy atom. The average Bonchev–Trinajstić information content (AvgIpc) is 3.35. The SMILES string of the molecule is Cc1nc(Nc2ncc(C(=O)Nc3c(C)cccc3Cl)s2)cc(N2CCN(C3CN(C4CN(C(=O)O)C4)C3)CC2)n1. The van der Waals surface area contributed by atoms with Gasteiger partial charge in [-0.05, 0) is 25.5 Å². The molecule has 3 saturated heterocycles. The number of nitrogens with zero attached hydrogens (tertiary/aromatic N) is 7. The van der Waals surface area contributed by atoms with Crippen LogP contribution in [-0.2, 0) is 0 Å². The van der Waals surface area contributed by atoms with E-state index >= 15 is 0 Å². The third-order valence-electron chi connectivity index (χ3n) is 7.94. The fourth-order valence-corrected chi connectivity index (χ4v) is 6.45. The van der Waals surface area contributed by atoms with Gasteiger partial charge in [-0.2, -0.15) is 0 Å². The molecule has 6 rings (SSSR count).